The number of hydrogen-bond acceptors (Lipinski definition) is 0. The average Bonchev–Trinajstić information content (AvgIpc) is 2.14. The van der Waals surface area contributed by atoms with E-state index < -0.39 is 8.07 Å². The lowest BCUT2D eigenvalue weighted by Gasteiger charge is -2.13. The van der Waals surface area contributed by atoms with Crippen LogP contribution in [0.25, 0.3) is 0 Å². The fourth-order valence-corrected chi connectivity index (χ4v) is 2.65. The van der Waals surface area contributed by atoms with E-state index in [2.05, 4.69) is 38.7 Å². The van der Waals surface area contributed by atoms with Gasteiger partial charge in [0.2, 0.25) is 0 Å². The molecule has 0 atom stereocenters. The highest BCUT2D eigenvalue weighted by Gasteiger charge is 2.10. The van der Waals surface area contributed by atoms with Crippen molar-refractivity contribution in [3.63, 3.8) is 0 Å². The van der Waals surface area contributed by atoms with Gasteiger partial charge in [0.1, 0.15) is 0 Å². The minimum atomic E-state index is -0.795. The molecule has 0 aliphatic carbocycles. The fourth-order valence-electron chi connectivity index (χ4n) is 1.62. The van der Waals surface area contributed by atoms with Crippen LogP contribution >= 0.6 is 0 Å². The van der Waals surface area contributed by atoms with Crippen molar-refractivity contribution in [2.24, 2.45) is 0 Å². The molecule has 0 amide bonds. The molecule has 1 heteroatoms. The van der Waals surface area contributed by atoms with E-state index >= 15 is 0 Å². The molecule has 0 radical (unpaired) electrons. The molecule has 0 bridgehead atoms. The van der Waals surface area contributed by atoms with E-state index in [1.165, 1.54) is 51.0 Å². The molecule has 90 valence electrons. The molecule has 0 fully saturated rings. The standard InChI is InChI=1S/C14H30Si/c1-5-6-7-8-9-10-11-12-13-14-15(2,3)4/h11-12H,5-10,13-14H2,1-4H3/b12-11+. The maximum atomic E-state index is 2.45. The topological polar surface area (TPSA) is 0 Å². The molecule has 0 saturated carbocycles. The summed E-state index contributed by atoms with van der Waals surface area (Å²) in [6, 6.07) is 1.44. The smallest absolute Gasteiger partial charge is 0.0445 e. The zero-order valence-electron chi connectivity index (χ0n) is 11.3. The van der Waals surface area contributed by atoms with Crippen molar-refractivity contribution >= 4 is 8.07 Å². The third-order valence-corrected chi connectivity index (χ3v) is 4.49. The van der Waals surface area contributed by atoms with Crippen molar-refractivity contribution in [3.05, 3.63) is 12.2 Å². The Morgan fingerprint density at radius 2 is 1.40 bits per heavy atom. The van der Waals surface area contributed by atoms with Crippen molar-refractivity contribution in [3.8, 4) is 0 Å². The van der Waals surface area contributed by atoms with Crippen molar-refractivity contribution in [1.29, 1.82) is 0 Å². The van der Waals surface area contributed by atoms with Crippen molar-refractivity contribution in [2.45, 2.75) is 77.6 Å². The maximum Gasteiger partial charge on any atom is 0.0445 e. The van der Waals surface area contributed by atoms with Gasteiger partial charge in [-0.2, -0.15) is 0 Å². The molecule has 0 unspecified atom stereocenters. The number of hydrogen-bond donors (Lipinski definition) is 0. The van der Waals surface area contributed by atoms with Crippen LogP contribution in [0.2, 0.25) is 25.7 Å². The highest BCUT2D eigenvalue weighted by atomic mass is 28.3. The Kier molecular flexibility index (Phi) is 9.18. The van der Waals surface area contributed by atoms with Gasteiger partial charge in [-0.25, -0.2) is 0 Å². The van der Waals surface area contributed by atoms with Crippen LogP contribution in [0.15, 0.2) is 12.2 Å². The Bertz CT molecular complexity index is 153. The third-order valence-electron chi connectivity index (χ3n) is 2.70. The zero-order chi connectivity index (χ0) is 11.6. The molecule has 0 aromatic heterocycles. The molecule has 0 spiro atoms. The first-order chi connectivity index (χ1) is 7.06. The maximum absolute atomic E-state index is 2.45. The molecule has 0 nitrogen and oxygen atoms in total. The first-order valence-corrected chi connectivity index (χ1v) is 10.4. The minimum Gasteiger partial charge on any atom is -0.0888 e. The van der Waals surface area contributed by atoms with Gasteiger partial charge in [0.05, 0.1) is 0 Å². The van der Waals surface area contributed by atoms with Gasteiger partial charge in [-0.05, 0) is 19.3 Å². The van der Waals surface area contributed by atoms with Crippen LogP contribution < -0.4 is 0 Å². The SMILES string of the molecule is CCCCCCC/C=C/CC[Si](C)(C)C. The van der Waals surface area contributed by atoms with Crippen LogP contribution in [-0.2, 0) is 0 Å². The van der Waals surface area contributed by atoms with Crippen LogP contribution in [0.3, 0.4) is 0 Å². The molecule has 0 aromatic carbocycles. The van der Waals surface area contributed by atoms with Crippen molar-refractivity contribution < 1.29 is 0 Å². The molecule has 15 heavy (non-hydrogen) atoms. The molecule has 0 N–H and O–H groups in total. The molecule has 0 rings (SSSR count). The van der Waals surface area contributed by atoms with Gasteiger partial charge < -0.3 is 0 Å². The van der Waals surface area contributed by atoms with Crippen molar-refractivity contribution in [2.75, 3.05) is 0 Å². The molecule has 0 aliphatic rings. The largest absolute Gasteiger partial charge is 0.0888 e. The fraction of sp³-hybridized carbons (Fsp3) is 0.857. The van der Waals surface area contributed by atoms with Crippen LogP contribution in [-0.4, -0.2) is 8.07 Å². The summed E-state index contributed by atoms with van der Waals surface area (Å²) < 4.78 is 0. The van der Waals surface area contributed by atoms with Gasteiger partial charge in [-0.3, -0.25) is 0 Å². The van der Waals surface area contributed by atoms with Gasteiger partial charge in [0.15, 0.2) is 0 Å². The Balaban J connectivity index is 3.18. The summed E-state index contributed by atoms with van der Waals surface area (Å²) in [5.41, 5.74) is 0. The van der Waals surface area contributed by atoms with E-state index in [-0.39, 0.29) is 0 Å². The molecule has 0 saturated heterocycles. The predicted molar refractivity (Wildman–Crippen MR) is 75.3 cm³/mol. The highest BCUT2D eigenvalue weighted by Crippen LogP contribution is 2.12. The Hall–Kier alpha value is -0.0431. The van der Waals surface area contributed by atoms with Crippen LogP contribution in [0.1, 0.15) is 51.9 Å². The summed E-state index contributed by atoms with van der Waals surface area (Å²) in [6.07, 6.45) is 14.4. The second-order valence-electron chi connectivity index (χ2n) is 5.77. The number of allylic oxidation sites excluding steroid dienone is 2. The Morgan fingerprint density at radius 1 is 0.800 bits per heavy atom. The lowest BCUT2D eigenvalue weighted by atomic mass is 10.1. The Morgan fingerprint density at radius 3 is 2.00 bits per heavy atom. The highest BCUT2D eigenvalue weighted by molar-refractivity contribution is 6.76. The van der Waals surface area contributed by atoms with E-state index in [0.29, 0.717) is 0 Å². The van der Waals surface area contributed by atoms with Gasteiger partial charge in [-0.1, -0.05) is 70.4 Å². The van der Waals surface area contributed by atoms with E-state index in [1.54, 1.807) is 0 Å². The quantitative estimate of drug-likeness (QED) is 0.271. The Labute approximate surface area is 98.2 Å². The van der Waals surface area contributed by atoms with E-state index in [0.717, 1.165) is 0 Å². The second-order valence-corrected chi connectivity index (χ2v) is 11.4. The van der Waals surface area contributed by atoms with E-state index in [9.17, 15) is 0 Å². The summed E-state index contributed by atoms with van der Waals surface area (Å²) >= 11 is 0. The third kappa shape index (κ3) is 14.0. The van der Waals surface area contributed by atoms with Crippen LogP contribution in [0.4, 0.5) is 0 Å². The first-order valence-electron chi connectivity index (χ1n) is 6.71. The summed E-state index contributed by atoms with van der Waals surface area (Å²) in [5.74, 6) is 0. The zero-order valence-corrected chi connectivity index (χ0v) is 12.3. The van der Waals surface area contributed by atoms with Gasteiger partial charge in [0, 0.05) is 8.07 Å². The molecule has 0 aliphatic heterocycles. The number of rotatable bonds is 9. The van der Waals surface area contributed by atoms with Crippen LogP contribution in [0.5, 0.6) is 0 Å². The van der Waals surface area contributed by atoms with Crippen molar-refractivity contribution in [1.82, 2.24) is 0 Å². The van der Waals surface area contributed by atoms with Gasteiger partial charge in [-0.15, -0.1) is 0 Å². The summed E-state index contributed by atoms with van der Waals surface area (Å²) in [5, 5.41) is 0. The van der Waals surface area contributed by atoms with E-state index in [4.69, 9.17) is 0 Å². The normalized spacial score (nSPS) is 12.5. The first kappa shape index (κ1) is 15.0. The molecular formula is C14H30Si. The number of unbranched alkanes of at least 4 members (excludes halogenated alkanes) is 5. The average molecular weight is 226 g/mol. The van der Waals surface area contributed by atoms with Crippen LogP contribution in [0, 0.1) is 0 Å². The minimum absolute atomic E-state index is 0.795. The molecular weight excluding hydrogens is 196 g/mol. The monoisotopic (exact) mass is 226 g/mol. The summed E-state index contributed by atoms with van der Waals surface area (Å²) in [4.78, 5) is 0. The van der Waals surface area contributed by atoms with Gasteiger partial charge >= 0.3 is 0 Å². The lowest BCUT2D eigenvalue weighted by Crippen LogP contribution is -2.18. The second kappa shape index (κ2) is 9.20. The lowest BCUT2D eigenvalue weighted by molar-refractivity contribution is 0.637. The predicted octanol–water partition coefficient (Wildman–Crippen LogP) is 5.63. The molecule has 0 aromatic rings. The summed E-state index contributed by atoms with van der Waals surface area (Å²) in [6.45, 7) is 9.62. The van der Waals surface area contributed by atoms with E-state index in [1.807, 2.05) is 0 Å². The van der Waals surface area contributed by atoms with Gasteiger partial charge in [0.25, 0.3) is 0 Å². The molecule has 0 heterocycles. The summed E-state index contributed by atoms with van der Waals surface area (Å²) in [7, 11) is -0.795.